The van der Waals surface area contributed by atoms with Crippen LogP contribution in [0.4, 0.5) is 11.6 Å². The number of aromatic nitrogens is 2. The largest absolute Gasteiger partial charge is 0.502 e. The third kappa shape index (κ3) is 3.72. The zero-order chi connectivity index (χ0) is 15.4. The molecule has 1 aromatic carbocycles. The van der Waals surface area contributed by atoms with E-state index in [9.17, 15) is 15.2 Å². The van der Waals surface area contributed by atoms with Crippen LogP contribution in [0.25, 0.3) is 0 Å². The fourth-order valence-electron chi connectivity index (χ4n) is 1.71. The van der Waals surface area contributed by atoms with E-state index >= 15 is 0 Å². The second-order valence-electron chi connectivity index (χ2n) is 4.35. The molecule has 0 aliphatic heterocycles. The minimum atomic E-state index is -0.660. The molecule has 0 aliphatic carbocycles. The van der Waals surface area contributed by atoms with Gasteiger partial charge in [0.05, 0.1) is 11.1 Å². The molecule has 0 bridgehead atoms. The number of hydrazone groups is 1. The molecule has 0 saturated heterocycles. The summed E-state index contributed by atoms with van der Waals surface area (Å²) in [7, 11) is 0. The Morgan fingerprint density at radius 2 is 1.95 bits per heavy atom. The van der Waals surface area contributed by atoms with E-state index in [0.29, 0.717) is 11.5 Å². The second-order valence-corrected chi connectivity index (χ2v) is 4.35. The number of nitrogens with zero attached hydrogens (tertiary/aromatic N) is 4. The minimum absolute atomic E-state index is 0.344. The summed E-state index contributed by atoms with van der Waals surface area (Å²) in [4.78, 5) is 18.3. The molecule has 0 saturated carbocycles. The van der Waals surface area contributed by atoms with Gasteiger partial charge in [-0.05, 0) is 32.0 Å². The Morgan fingerprint density at radius 3 is 2.57 bits per heavy atom. The van der Waals surface area contributed by atoms with Gasteiger partial charge in [-0.1, -0.05) is 0 Å². The Bertz CT molecular complexity index is 695. The van der Waals surface area contributed by atoms with Crippen LogP contribution in [0.15, 0.2) is 29.4 Å². The van der Waals surface area contributed by atoms with Crippen LogP contribution in [0.2, 0.25) is 0 Å². The predicted molar refractivity (Wildman–Crippen MR) is 77.5 cm³/mol. The maximum Gasteiger partial charge on any atom is 0.311 e. The molecule has 8 nitrogen and oxygen atoms in total. The van der Waals surface area contributed by atoms with Crippen molar-refractivity contribution >= 4 is 17.9 Å². The summed E-state index contributed by atoms with van der Waals surface area (Å²) >= 11 is 0. The lowest BCUT2D eigenvalue weighted by Crippen LogP contribution is -1.99. The van der Waals surface area contributed by atoms with Gasteiger partial charge in [0.25, 0.3) is 0 Å². The van der Waals surface area contributed by atoms with Crippen molar-refractivity contribution in [3.63, 3.8) is 0 Å². The molecule has 0 unspecified atom stereocenters. The van der Waals surface area contributed by atoms with E-state index in [0.717, 1.165) is 11.4 Å². The van der Waals surface area contributed by atoms with Gasteiger partial charge in [0.15, 0.2) is 5.75 Å². The summed E-state index contributed by atoms with van der Waals surface area (Å²) in [5.74, 6) is -0.0419. The van der Waals surface area contributed by atoms with Gasteiger partial charge in [0, 0.05) is 23.0 Å². The van der Waals surface area contributed by atoms with Crippen LogP contribution in [0.1, 0.15) is 17.0 Å². The molecule has 0 radical (unpaired) electrons. The van der Waals surface area contributed by atoms with E-state index < -0.39 is 4.92 Å². The lowest BCUT2D eigenvalue weighted by molar-refractivity contribution is -0.385. The van der Waals surface area contributed by atoms with Gasteiger partial charge in [-0.3, -0.25) is 10.1 Å². The van der Waals surface area contributed by atoms with Gasteiger partial charge in [0.1, 0.15) is 0 Å². The second kappa shape index (κ2) is 5.95. The number of aromatic hydroxyl groups is 1. The average Bonchev–Trinajstić information content (AvgIpc) is 2.39. The number of benzene rings is 1. The molecule has 2 rings (SSSR count). The highest BCUT2D eigenvalue weighted by Crippen LogP contribution is 2.25. The van der Waals surface area contributed by atoms with Crippen LogP contribution in [0, 0.1) is 24.0 Å². The highest BCUT2D eigenvalue weighted by molar-refractivity contribution is 5.81. The molecule has 8 heteroatoms. The third-order valence-corrected chi connectivity index (χ3v) is 2.56. The first-order valence-corrected chi connectivity index (χ1v) is 6.04. The summed E-state index contributed by atoms with van der Waals surface area (Å²) in [6.45, 7) is 3.68. The maximum absolute atomic E-state index is 10.7. The fourth-order valence-corrected chi connectivity index (χ4v) is 1.71. The van der Waals surface area contributed by atoms with E-state index in [1.807, 2.05) is 19.9 Å². The Morgan fingerprint density at radius 1 is 1.29 bits per heavy atom. The third-order valence-electron chi connectivity index (χ3n) is 2.56. The smallest absolute Gasteiger partial charge is 0.311 e. The number of rotatable bonds is 4. The van der Waals surface area contributed by atoms with E-state index in [1.54, 1.807) is 0 Å². The lowest BCUT2D eigenvalue weighted by atomic mass is 10.2. The Balaban J connectivity index is 2.14. The number of nitro groups is 1. The van der Waals surface area contributed by atoms with Crippen molar-refractivity contribution in [2.75, 3.05) is 5.43 Å². The van der Waals surface area contributed by atoms with Crippen molar-refractivity contribution in [2.45, 2.75) is 13.8 Å². The van der Waals surface area contributed by atoms with E-state index in [2.05, 4.69) is 20.5 Å². The molecule has 21 heavy (non-hydrogen) atoms. The normalized spacial score (nSPS) is 10.8. The molecule has 0 spiro atoms. The lowest BCUT2D eigenvalue weighted by Gasteiger charge is -2.01. The van der Waals surface area contributed by atoms with Crippen molar-refractivity contribution in [3.05, 3.63) is 51.3 Å². The zero-order valence-corrected chi connectivity index (χ0v) is 11.4. The molecular weight excluding hydrogens is 274 g/mol. The van der Waals surface area contributed by atoms with Gasteiger partial charge in [-0.2, -0.15) is 5.10 Å². The number of phenols is 1. The number of anilines is 1. The molecule has 1 heterocycles. The average molecular weight is 287 g/mol. The summed E-state index contributed by atoms with van der Waals surface area (Å²) in [5.41, 5.74) is 4.36. The highest BCUT2D eigenvalue weighted by Gasteiger charge is 2.12. The molecule has 2 N–H and O–H groups in total. The number of hydrogen-bond donors (Lipinski definition) is 2. The van der Waals surface area contributed by atoms with E-state index in [1.165, 1.54) is 24.4 Å². The molecule has 108 valence electrons. The van der Waals surface area contributed by atoms with Crippen molar-refractivity contribution in [3.8, 4) is 5.75 Å². The summed E-state index contributed by atoms with van der Waals surface area (Å²) in [6, 6.07) is 5.81. The van der Waals surface area contributed by atoms with Crippen LogP contribution >= 0.6 is 0 Å². The van der Waals surface area contributed by atoms with Crippen LogP contribution in [-0.4, -0.2) is 26.2 Å². The summed E-state index contributed by atoms with van der Waals surface area (Å²) in [6.07, 6.45) is 1.38. The Hall–Kier alpha value is -3.03. The Labute approximate surface area is 120 Å². The topological polar surface area (TPSA) is 114 Å². The van der Waals surface area contributed by atoms with Crippen LogP contribution < -0.4 is 5.43 Å². The van der Waals surface area contributed by atoms with Gasteiger partial charge in [-0.15, -0.1) is 0 Å². The number of aryl methyl sites for hydroxylation is 2. The number of nitrogens with one attached hydrogen (secondary N) is 1. The van der Waals surface area contributed by atoms with Gasteiger partial charge < -0.3 is 5.11 Å². The van der Waals surface area contributed by atoms with Crippen LogP contribution in [0.5, 0.6) is 5.75 Å². The molecule has 0 atom stereocenters. The Kier molecular flexibility index (Phi) is 4.07. The first-order chi connectivity index (χ1) is 9.95. The molecule has 0 aliphatic rings. The van der Waals surface area contributed by atoms with Crippen molar-refractivity contribution in [1.29, 1.82) is 0 Å². The van der Waals surface area contributed by atoms with E-state index in [-0.39, 0.29) is 11.4 Å². The molecule has 1 aromatic heterocycles. The minimum Gasteiger partial charge on any atom is -0.502 e. The molecule has 2 aromatic rings. The first-order valence-electron chi connectivity index (χ1n) is 6.04. The standard InChI is InChI=1S/C13H13N5O3/c1-8-5-9(2)16-13(15-8)17-14-7-10-3-4-12(19)11(6-10)18(20)21/h3-7,19H,1-2H3,(H,15,16,17). The van der Waals surface area contributed by atoms with Crippen LogP contribution in [-0.2, 0) is 0 Å². The molecule has 0 amide bonds. The van der Waals surface area contributed by atoms with E-state index in [4.69, 9.17) is 0 Å². The highest BCUT2D eigenvalue weighted by atomic mass is 16.6. The summed E-state index contributed by atoms with van der Waals surface area (Å²) < 4.78 is 0. The summed E-state index contributed by atoms with van der Waals surface area (Å²) in [5, 5.41) is 24.0. The van der Waals surface area contributed by atoms with Crippen molar-refractivity contribution in [2.24, 2.45) is 5.10 Å². The first kappa shape index (κ1) is 14.4. The molecular formula is C13H13N5O3. The predicted octanol–water partition coefficient (Wildman–Crippen LogP) is 2.15. The number of phenolic OH excluding ortho intramolecular Hbond substituents is 1. The van der Waals surface area contributed by atoms with Gasteiger partial charge >= 0.3 is 5.69 Å². The monoisotopic (exact) mass is 287 g/mol. The zero-order valence-electron chi connectivity index (χ0n) is 11.4. The van der Waals surface area contributed by atoms with Crippen molar-refractivity contribution in [1.82, 2.24) is 9.97 Å². The fraction of sp³-hybridized carbons (Fsp3) is 0.154. The van der Waals surface area contributed by atoms with Crippen molar-refractivity contribution < 1.29 is 10.0 Å². The van der Waals surface area contributed by atoms with Gasteiger partial charge in [0.2, 0.25) is 5.95 Å². The van der Waals surface area contributed by atoms with Crippen LogP contribution in [0.3, 0.4) is 0 Å². The van der Waals surface area contributed by atoms with Gasteiger partial charge in [-0.25, -0.2) is 15.4 Å². The molecule has 0 fully saturated rings. The SMILES string of the molecule is Cc1cc(C)nc(NN=Cc2ccc(O)c([N+](=O)[O-])c2)n1. The number of hydrogen-bond acceptors (Lipinski definition) is 7. The quantitative estimate of drug-likeness (QED) is 0.506. The number of nitro benzene ring substituents is 1. The maximum atomic E-state index is 10.7.